The number of anilines is 2. The molecule has 0 unspecified atom stereocenters. The molecule has 0 saturated heterocycles. The molecule has 7 nitrogen and oxygen atoms in total. The van der Waals surface area contributed by atoms with E-state index in [9.17, 15) is 9.59 Å². The number of hydrogen-bond donors (Lipinski definition) is 2. The molecule has 0 radical (unpaired) electrons. The molecule has 0 atom stereocenters. The monoisotopic (exact) mass is 348 g/mol. The third kappa shape index (κ3) is 4.02. The largest absolute Gasteiger partial charge is 0.451 e. The number of para-hydroxylation sites is 1. The molecule has 130 valence electrons. The first-order valence-corrected chi connectivity index (χ1v) is 7.83. The Morgan fingerprint density at radius 3 is 2.42 bits per heavy atom. The fourth-order valence-corrected chi connectivity index (χ4v) is 2.35. The van der Waals surface area contributed by atoms with E-state index < -0.39 is 18.5 Å². The highest BCUT2D eigenvalue weighted by molar-refractivity contribution is 5.98. The van der Waals surface area contributed by atoms with Crippen molar-refractivity contribution in [1.82, 2.24) is 9.97 Å². The molecule has 1 aromatic heterocycles. The maximum atomic E-state index is 12.2. The van der Waals surface area contributed by atoms with E-state index in [0.29, 0.717) is 5.69 Å². The lowest BCUT2D eigenvalue weighted by atomic mass is 10.0. The summed E-state index contributed by atoms with van der Waals surface area (Å²) in [7, 11) is 0. The Hall–Kier alpha value is -3.74. The van der Waals surface area contributed by atoms with Crippen LogP contribution in [-0.4, -0.2) is 28.5 Å². The summed E-state index contributed by atoms with van der Waals surface area (Å²) in [6.07, 6.45) is 2.68. The summed E-state index contributed by atoms with van der Waals surface area (Å²) >= 11 is 0. The third-order valence-electron chi connectivity index (χ3n) is 3.54. The fraction of sp³-hybridized carbons (Fsp3) is 0.0526. The Morgan fingerprint density at radius 2 is 1.65 bits per heavy atom. The van der Waals surface area contributed by atoms with Crippen LogP contribution < -0.4 is 11.1 Å². The van der Waals surface area contributed by atoms with Gasteiger partial charge >= 0.3 is 5.97 Å². The van der Waals surface area contributed by atoms with Gasteiger partial charge in [-0.15, -0.1) is 0 Å². The highest BCUT2D eigenvalue weighted by atomic mass is 16.5. The summed E-state index contributed by atoms with van der Waals surface area (Å²) in [6, 6.07) is 17.0. The van der Waals surface area contributed by atoms with Crippen LogP contribution >= 0.6 is 0 Å². The SMILES string of the molecule is Nc1nccnc1C(=O)OCC(=O)Nc1ccccc1-c1ccccc1. The van der Waals surface area contributed by atoms with Crippen molar-refractivity contribution in [2.24, 2.45) is 0 Å². The smallest absolute Gasteiger partial charge is 0.361 e. The van der Waals surface area contributed by atoms with Crippen molar-refractivity contribution in [1.29, 1.82) is 0 Å². The topological polar surface area (TPSA) is 107 Å². The van der Waals surface area contributed by atoms with Gasteiger partial charge in [0.25, 0.3) is 5.91 Å². The number of benzene rings is 2. The lowest BCUT2D eigenvalue weighted by Gasteiger charge is -2.11. The zero-order valence-electron chi connectivity index (χ0n) is 13.8. The molecule has 0 aliphatic heterocycles. The molecule has 0 bridgehead atoms. The van der Waals surface area contributed by atoms with Gasteiger partial charge in [0.1, 0.15) is 0 Å². The van der Waals surface area contributed by atoms with Crippen LogP contribution in [0.15, 0.2) is 67.0 Å². The van der Waals surface area contributed by atoms with E-state index in [1.54, 1.807) is 6.07 Å². The summed E-state index contributed by atoms with van der Waals surface area (Å²) in [5.41, 5.74) is 7.90. The van der Waals surface area contributed by atoms with Gasteiger partial charge in [-0.2, -0.15) is 0 Å². The Labute approximate surface area is 149 Å². The molecule has 26 heavy (non-hydrogen) atoms. The number of carbonyl (C=O) groups excluding carboxylic acids is 2. The molecule has 0 fully saturated rings. The minimum atomic E-state index is -0.804. The van der Waals surface area contributed by atoms with Crippen LogP contribution in [-0.2, 0) is 9.53 Å². The van der Waals surface area contributed by atoms with Crippen molar-refractivity contribution in [2.45, 2.75) is 0 Å². The van der Waals surface area contributed by atoms with Crippen LogP contribution in [0.25, 0.3) is 11.1 Å². The first kappa shape index (κ1) is 17.1. The van der Waals surface area contributed by atoms with Crippen molar-refractivity contribution in [3.63, 3.8) is 0 Å². The maximum absolute atomic E-state index is 12.2. The number of nitrogens with two attached hydrogens (primary N) is 1. The van der Waals surface area contributed by atoms with Gasteiger partial charge in [-0.05, 0) is 11.6 Å². The zero-order chi connectivity index (χ0) is 18.4. The van der Waals surface area contributed by atoms with Crippen LogP contribution in [0.2, 0.25) is 0 Å². The molecule has 7 heteroatoms. The van der Waals surface area contributed by atoms with Crippen molar-refractivity contribution >= 4 is 23.4 Å². The van der Waals surface area contributed by atoms with Gasteiger partial charge in [0.15, 0.2) is 18.1 Å². The second-order valence-electron chi connectivity index (χ2n) is 5.33. The Bertz CT molecular complexity index is 929. The molecule has 0 aliphatic rings. The van der Waals surface area contributed by atoms with E-state index in [2.05, 4.69) is 15.3 Å². The normalized spacial score (nSPS) is 10.2. The van der Waals surface area contributed by atoms with E-state index in [4.69, 9.17) is 10.5 Å². The van der Waals surface area contributed by atoms with Crippen LogP contribution in [0.5, 0.6) is 0 Å². The maximum Gasteiger partial charge on any atom is 0.361 e. The van der Waals surface area contributed by atoms with Crippen LogP contribution in [0.1, 0.15) is 10.5 Å². The number of hydrogen-bond acceptors (Lipinski definition) is 6. The number of amides is 1. The number of nitrogens with one attached hydrogen (secondary N) is 1. The second kappa shape index (κ2) is 7.89. The van der Waals surface area contributed by atoms with Crippen LogP contribution in [0.3, 0.4) is 0 Å². The fourth-order valence-electron chi connectivity index (χ4n) is 2.35. The summed E-state index contributed by atoms with van der Waals surface area (Å²) in [4.78, 5) is 31.6. The van der Waals surface area contributed by atoms with Gasteiger partial charge in [-0.25, -0.2) is 14.8 Å². The minimum absolute atomic E-state index is 0.0488. The van der Waals surface area contributed by atoms with Crippen molar-refractivity contribution < 1.29 is 14.3 Å². The molecule has 1 heterocycles. The van der Waals surface area contributed by atoms with Crippen LogP contribution in [0, 0.1) is 0 Å². The summed E-state index contributed by atoms with van der Waals surface area (Å²) in [5.74, 6) is -1.32. The number of nitrogens with zero attached hydrogens (tertiary/aromatic N) is 2. The number of rotatable bonds is 5. The van der Waals surface area contributed by atoms with Crippen LogP contribution in [0.4, 0.5) is 11.5 Å². The lowest BCUT2D eigenvalue weighted by molar-refractivity contribution is -0.119. The lowest BCUT2D eigenvalue weighted by Crippen LogP contribution is -2.22. The van der Waals surface area contributed by atoms with E-state index >= 15 is 0 Å². The highest BCUT2D eigenvalue weighted by Crippen LogP contribution is 2.27. The number of carbonyl (C=O) groups is 2. The summed E-state index contributed by atoms with van der Waals surface area (Å²) in [6.45, 7) is -0.460. The predicted molar refractivity (Wildman–Crippen MR) is 97.2 cm³/mol. The first-order chi connectivity index (χ1) is 12.6. The van der Waals surface area contributed by atoms with Gasteiger partial charge < -0.3 is 15.8 Å². The average Bonchev–Trinajstić information content (AvgIpc) is 2.67. The molecule has 0 spiro atoms. The van der Waals surface area contributed by atoms with Crippen molar-refractivity contribution in [2.75, 3.05) is 17.7 Å². The zero-order valence-corrected chi connectivity index (χ0v) is 13.8. The number of aromatic nitrogens is 2. The summed E-state index contributed by atoms with van der Waals surface area (Å²) < 4.78 is 4.96. The van der Waals surface area contributed by atoms with E-state index in [0.717, 1.165) is 11.1 Å². The highest BCUT2D eigenvalue weighted by Gasteiger charge is 2.16. The molecule has 0 saturated carbocycles. The Kier molecular flexibility index (Phi) is 5.19. The van der Waals surface area contributed by atoms with Crippen molar-refractivity contribution in [3.05, 3.63) is 72.7 Å². The molecule has 3 rings (SSSR count). The quantitative estimate of drug-likeness (QED) is 0.686. The number of ether oxygens (including phenoxy) is 1. The minimum Gasteiger partial charge on any atom is -0.451 e. The summed E-state index contributed by atoms with van der Waals surface area (Å²) in [5, 5.41) is 2.75. The molecule has 1 amide bonds. The number of esters is 1. The number of nitrogen functional groups attached to an aromatic ring is 1. The van der Waals surface area contributed by atoms with Crippen molar-refractivity contribution in [3.8, 4) is 11.1 Å². The van der Waals surface area contributed by atoms with Gasteiger partial charge in [0.2, 0.25) is 0 Å². The standard InChI is InChI=1S/C19H16N4O3/c20-18-17(21-10-11-22-18)19(25)26-12-16(24)23-15-9-5-4-8-14(15)13-6-2-1-3-7-13/h1-11H,12H2,(H2,20,22)(H,23,24). The van der Waals surface area contributed by atoms with Gasteiger partial charge in [-0.3, -0.25) is 4.79 Å². The van der Waals surface area contributed by atoms with Gasteiger partial charge in [-0.1, -0.05) is 48.5 Å². The van der Waals surface area contributed by atoms with E-state index in [-0.39, 0.29) is 11.5 Å². The Balaban J connectivity index is 1.66. The predicted octanol–water partition coefficient (Wildman–Crippen LogP) is 2.52. The molecule has 3 N–H and O–H groups in total. The molecular formula is C19H16N4O3. The Morgan fingerprint density at radius 1 is 0.962 bits per heavy atom. The van der Waals surface area contributed by atoms with Gasteiger partial charge in [0.05, 0.1) is 0 Å². The second-order valence-corrected chi connectivity index (χ2v) is 5.33. The molecule has 0 aliphatic carbocycles. The molecular weight excluding hydrogens is 332 g/mol. The first-order valence-electron chi connectivity index (χ1n) is 7.83. The van der Waals surface area contributed by atoms with E-state index in [1.165, 1.54) is 12.4 Å². The molecule has 2 aromatic carbocycles. The van der Waals surface area contributed by atoms with E-state index in [1.807, 2.05) is 48.5 Å². The third-order valence-corrected chi connectivity index (χ3v) is 3.54. The average molecular weight is 348 g/mol. The molecule has 3 aromatic rings. The van der Waals surface area contributed by atoms with Gasteiger partial charge in [0, 0.05) is 23.6 Å².